The highest BCUT2D eigenvalue weighted by Gasteiger charge is 2.46. The number of anilines is 1. The van der Waals surface area contributed by atoms with Crippen molar-refractivity contribution >= 4 is 29.0 Å². The van der Waals surface area contributed by atoms with Gasteiger partial charge in [-0.2, -0.15) is 0 Å². The monoisotopic (exact) mass is 419 g/mol. The Kier molecular flexibility index (Phi) is 5.21. The topological polar surface area (TPSA) is 99.2 Å². The minimum Gasteiger partial charge on any atom is -0.481 e. The molecule has 1 saturated carbocycles. The van der Waals surface area contributed by atoms with Gasteiger partial charge in [-0.05, 0) is 25.3 Å². The lowest BCUT2D eigenvalue weighted by Crippen LogP contribution is -2.48. The molecule has 1 aromatic rings. The van der Waals surface area contributed by atoms with Crippen LogP contribution in [0.1, 0.15) is 44.9 Å². The number of nitrogens with zero attached hydrogens (tertiary/aromatic N) is 2. The molecule has 1 unspecified atom stereocenters. The molecule has 9 heteroatoms. The van der Waals surface area contributed by atoms with E-state index in [2.05, 4.69) is 25.9 Å². The molecule has 1 fully saturated rings. The number of aliphatic carboxylic acids is 1. The SMILES string of the molecule is CC[C@]1(C(=O)O)CCCC[C@@H]1Nc1nc(C2=CNC3NC=C(Cl)C=C23)ncc1F. The summed E-state index contributed by atoms with van der Waals surface area (Å²) in [4.78, 5) is 20.6. The normalized spacial score (nSPS) is 28.3. The summed E-state index contributed by atoms with van der Waals surface area (Å²) in [6, 6.07) is -0.396. The first-order valence-corrected chi connectivity index (χ1v) is 10.1. The molecule has 4 N–H and O–H groups in total. The van der Waals surface area contributed by atoms with E-state index < -0.39 is 23.2 Å². The predicted octanol–water partition coefficient (Wildman–Crippen LogP) is 3.33. The predicted molar refractivity (Wildman–Crippen MR) is 108 cm³/mol. The first-order chi connectivity index (χ1) is 13.9. The smallest absolute Gasteiger partial charge is 0.311 e. The van der Waals surface area contributed by atoms with Crippen LogP contribution in [0.5, 0.6) is 0 Å². The number of rotatable bonds is 5. The third-order valence-electron chi connectivity index (χ3n) is 6.08. The molecule has 29 heavy (non-hydrogen) atoms. The van der Waals surface area contributed by atoms with Gasteiger partial charge >= 0.3 is 5.97 Å². The number of halogens is 2. The summed E-state index contributed by atoms with van der Waals surface area (Å²) in [6.07, 6.45) is 9.67. The molecule has 154 valence electrons. The molecular formula is C20H23ClFN5O2. The quantitative estimate of drug-likeness (QED) is 0.581. The molecule has 3 aliphatic rings. The maximum atomic E-state index is 14.5. The first-order valence-electron chi connectivity index (χ1n) is 9.77. The molecule has 0 aromatic carbocycles. The Morgan fingerprint density at radius 1 is 1.41 bits per heavy atom. The zero-order valence-corrected chi connectivity index (χ0v) is 16.8. The highest BCUT2D eigenvalue weighted by Crippen LogP contribution is 2.41. The van der Waals surface area contributed by atoms with Crippen molar-refractivity contribution < 1.29 is 14.3 Å². The number of carboxylic acids is 1. The van der Waals surface area contributed by atoms with E-state index in [0.717, 1.165) is 24.6 Å². The van der Waals surface area contributed by atoms with Crippen molar-refractivity contribution in [2.75, 3.05) is 5.32 Å². The van der Waals surface area contributed by atoms with Crippen LogP contribution in [0.2, 0.25) is 0 Å². The molecule has 0 radical (unpaired) electrons. The second kappa shape index (κ2) is 7.67. The van der Waals surface area contributed by atoms with Gasteiger partial charge in [-0.25, -0.2) is 14.4 Å². The second-order valence-corrected chi connectivity index (χ2v) is 8.04. The van der Waals surface area contributed by atoms with Crippen molar-refractivity contribution in [1.29, 1.82) is 0 Å². The van der Waals surface area contributed by atoms with Crippen molar-refractivity contribution in [3.05, 3.63) is 46.9 Å². The number of nitrogens with one attached hydrogen (secondary N) is 3. The van der Waals surface area contributed by atoms with E-state index >= 15 is 0 Å². The zero-order valence-electron chi connectivity index (χ0n) is 16.0. The number of hydrogen-bond acceptors (Lipinski definition) is 6. The van der Waals surface area contributed by atoms with Crippen LogP contribution in [0.4, 0.5) is 10.2 Å². The van der Waals surface area contributed by atoms with Crippen LogP contribution in [0.25, 0.3) is 5.57 Å². The van der Waals surface area contributed by atoms with Gasteiger partial charge in [0.15, 0.2) is 17.5 Å². The van der Waals surface area contributed by atoms with Gasteiger partial charge < -0.3 is 21.1 Å². The number of carboxylic acid groups (broad SMARTS) is 1. The van der Waals surface area contributed by atoms with E-state index in [0.29, 0.717) is 35.7 Å². The summed E-state index contributed by atoms with van der Waals surface area (Å²) in [5.41, 5.74) is 0.644. The lowest BCUT2D eigenvalue weighted by molar-refractivity contribution is -0.152. The fraction of sp³-hybridized carbons (Fsp3) is 0.450. The molecule has 0 spiro atoms. The Labute approximate surface area is 173 Å². The van der Waals surface area contributed by atoms with E-state index in [1.807, 2.05) is 13.0 Å². The van der Waals surface area contributed by atoms with Gasteiger partial charge in [0.25, 0.3) is 0 Å². The van der Waals surface area contributed by atoms with Crippen LogP contribution >= 0.6 is 11.6 Å². The molecule has 0 bridgehead atoms. The van der Waals surface area contributed by atoms with Gasteiger partial charge in [0.2, 0.25) is 0 Å². The number of hydrogen-bond donors (Lipinski definition) is 4. The molecule has 3 atom stereocenters. The standard InChI is InChI=1S/C20H23ClFN5O2/c1-2-20(19(28)29)6-4-3-5-15(20)26-18-14(22)10-25-17(27-18)13-9-24-16-12(13)7-11(21)8-23-16/h7-10,15-16,23-24H,2-6H2,1H3,(H,28,29)(H,25,26,27)/t15-,16?,20-/m0/s1. The van der Waals surface area contributed by atoms with Crippen LogP contribution in [-0.2, 0) is 4.79 Å². The maximum absolute atomic E-state index is 14.5. The van der Waals surface area contributed by atoms with Gasteiger partial charge in [0.05, 0.1) is 16.6 Å². The van der Waals surface area contributed by atoms with Crippen LogP contribution in [0.15, 0.2) is 35.3 Å². The zero-order chi connectivity index (χ0) is 20.6. The molecule has 7 nitrogen and oxygen atoms in total. The number of carbonyl (C=O) groups is 1. The number of dihydropyridines is 1. The molecule has 1 aromatic heterocycles. The van der Waals surface area contributed by atoms with E-state index in [-0.39, 0.29) is 12.0 Å². The number of fused-ring (bicyclic) bond motifs is 1. The van der Waals surface area contributed by atoms with Crippen LogP contribution in [0.3, 0.4) is 0 Å². The molecule has 2 aliphatic heterocycles. The van der Waals surface area contributed by atoms with Crippen molar-refractivity contribution in [3.8, 4) is 0 Å². The van der Waals surface area contributed by atoms with Gasteiger partial charge in [-0.1, -0.05) is 31.4 Å². The molecule has 0 saturated heterocycles. The number of aromatic nitrogens is 2. The average molecular weight is 420 g/mol. The van der Waals surface area contributed by atoms with Crippen molar-refractivity contribution in [1.82, 2.24) is 20.6 Å². The minimum absolute atomic E-state index is 0.0244. The highest BCUT2D eigenvalue weighted by atomic mass is 35.5. The summed E-state index contributed by atoms with van der Waals surface area (Å²) in [6.45, 7) is 1.87. The lowest BCUT2D eigenvalue weighted by atomic mass is 9.68. The third-order valence-corrected chi connectivity index (χ3v) is 6.30. The number of allylic oxidation sites excluding steroid dienone is 2. The van der Waals surface area contributed by atoms with Gasteiger partial charge in [0.1, 0.15) is 6.17 Å². The summed E-state index contributed by atoms with van der Waals surface area (Å²) in [5.74, 6) is -1.09. The van der Waals surface area contributed by atoms with Crippen LogP contribution in [-0.4, -0.2) is 33.3 Å². The molecule has 0 amide bonds. The van der Waals surface area contributed by atoms with Crippen molar-refractivity contribution in [3.63, 3.8) is 0 Å². The van der Waals surface area contributed by atoms with E-state index in [9.17, 15) is 14.3 Å². The van der Waals surface area contributed by atoms with Crippen LogP contribution in [0, 0.1) is 11.2 Å². The van der Waals surface area contributed by atoms with E-state index in [1.54, 1.807) is 12.4 Å². The van der Waals surface area contributed by atoms with Gasteiger partial charge in [-0.15, -0.1) is 0 Å². The Balaban J connectivity index is 1.64. The van der Waals surface area contributed by atoms with Gasteiger partial charge in [0, 0.05) is 29.6 Å². The average Bonchev–Trinajstić information content (AvgIpc) is 3.13. The second-order valence-electron chi connectivity index (χ2n) is 7.60. The Hall–Kier alpha value is -2.61. The Morgan fingerprint density at radius 3 is 2.97 bits per heavy atom. The van der Waals surface area contributed by atoms with E-state index in [4.69, 9.17) is 11.6 Å². The van der Waals surface area contributed by atoms with Crippen molar-refractivity contribution in [2.45, 2.75) is 51.2 Å². The lowest BCUT2D eigenvalue weighted by Gasteiger charge is -2.40. The fourth-order valence-corrected chi connectivity index (χ4v) is 4.56. The van der Waals surface area contributed by atoms with Gasteiger partial charge in [-0.3, -0.25) is 4.79 Å². The molecule has 3 heterocycles. The Morgan fingerprint density at radius 2 is 2.21 bits per heavy atom. The van der Waals surface area contributed by atoms with Crippen molar-refractivity contribution in [2.24, 2.45) is 5.41 Å². The summed E-state index contributed by atoms with van der Waals surface area (Å²) >= 11 is 6.10. The first kappa shape index (κ1) is 19.7. The fourth-order valence-electron chi connectivity index (χ4n) is 4.38. The minimum atomic E-state index is -0.927. The third kappa shape index (κ3) is 3.46. The highest BCUT2D eigenvalue weighted by molar-refractivity contribution is 6.31. The maximum Gasteiger partial charge on any atom is 0.311 e. The largest absolute Gasteiger partial charge is 0.481 e. The molecule has 4 rings (SSSR count). The molecular weight excluding hydrogens is 397 g/mol. The summed E-state index contributed by atoms with van der Waals surface area (Å²) in [5, 5.41) is 19.8. The van der Waals surface area contributed by atoms with E-state index in [1.165, 1.54) is 0 Å². The van der Waals surface area contributed by atoms with Crippen LogP contribution < -0.4 is 16.0 Å². The molecule has 1 aliphatic carbocycles. The summed E-state index contributed by atoms with van der Waals surface area (Å²) in [7, 11) is 0. The summed E-state index contributed by atoms with van der Waals surface area (Å²) < 4.78 is 14.5. The Bertz CT molecular complexity index is 931.